The maximum atomic E-state index is 13.0. The summed E-state index contributed by atoms with van der Waals surface area (Å²) in [6, 6.07) is 1.54. The van der Waals surface area contributed by atoms with E-state index in [1.807, 2.05) is 6.92 Å². The van der Waals surface area contributed by atoms with E-state index in [1.54, 1.807) is 22.3 Å². The maximum absolute atomic E-state index is 13.0. The van der Waals surface area contributed by atoms with E-state index in [4.69, 9.17) is 0 Å². The summed E-state index contributed by atoms with van der Waals surface area (Å²) in [7, 11) is 0. The summed E-state index contributed by atoms with van der Waals surface area (Å²) in [5.74, 6) is -0.149. The molecule has 0 saturated carbocycles. The Morgan fingerprint density at radius 2 is 1.97 bits per heavy atom. The average molecular weight is 443 g/mol. The van der Waals surface area contributed by atoms with Crippen molar-refractivity contribution in [1.29, 1.82) is 0 Å². The molecule has 1 saturated heterocycles. The highest BCUT2D eigenvalue weighted by atomic mass is 32.1. The number of aromatic nitrogens is 4. The monoisotopic (exact) mass is 442 g/mol. The van der Waals surface area contributed by atoms with Crippen molar-refractivity contribution >= 4 is 28.3 Å². The number of thiazole rings is 1. The van der Waals surface area contributed by atoms with Crippen molar-refractivity contribution in [2.24, 2.45) is 0 Å². The number of rotatable bonds is 6. The summed E-state index contributed by atoms with van der Waals surface area (Å²) in [5, 5.41) is 3.51. The molecule has 3 aromatic heterocycles. The Bertz CT molecular complexity index is 1210. The Balaban J connectivity index is 1.47. The molecule has 1 fully saturated rings. The maximum Gasteiger partial charge on any atom is 0.329 e. The van der Waals surface area contributed by atoms with Crippen LogP contribution in [0.15, 0.2) is 27.2 Å². The van der Waals surface area contributed by atoms with Gasteiger partial charge in [-0.1, -0.05) is 13.8 Å². The largest absolute Gasteiger partial charge is 0.336 e. The van der Waals surface area contributed by atoms with Gasteiger partial charge >= 0.3 is 5.69 Å². The molecule has 31 heavy (non-hydrogen) atoms. The third kappa shape index (κ3) is 4.45. The second-order valence-corrected chi connectivity index (χ2v) is 8.60. The van der Waals surface area contributed by atoms with Gasteiger partial charge in [0.25, 0.3) is 11.5 Å². The molecule has 1 aliphatic rings. The Kier molecular flexibility index (Phi) is 6.28. The minimum absolute atomic E-state index is 0.149. The minimum atomic E-state index is -0.519. The zero-order valence-electron chi connectivity index (χ0n) is 17.8. The van der Waals surface area contributed by atoms with Crippen molar-refractivity contribution in [3.05, 3.63) is 54.7 Å². The highest BCUT2D eigenvalue weighted by molar-refractivity contribution is 7.09. The molecule has 0 unspecified atom stereocenters. The lowest BCUT2D eigenvalue weighted by atomic mass is 10.2. The summed E-state index contributed by atoms with van der Waals surface area (Å²) in [5.41, 5.74) is 0.756. The molecular formula is C21H26N6O3S. The van der Waals surface area contributed by atoms with Gasteiger partial charge in [0.15, 0.2) is 0 Å². The fraction of sp³-hybridized carbons (Fsp3) is 0.476. The van der Waals surface area contributed by atoms with Gasteiger partial charge in [-0.05, 0) is 18.9 Å². The van der Waals surface area contributed by atoms with Crippen molar-refractivity contribution in [1.82, 2.24) is 29.3 Å². The number of piperazine rings is 1. The molecule has 4 rings (SSSR count). The van der Waals surface area contributed by atoms with E-state index >= 15 is 0 Å². The number of hydrogen-bond acceptors (Lipinski definition) is 7. The van der Waals surface area contributed by atoms with Crippen molar-refractivity contribution < 1.29 is 4.79 Å². The smallest absolute Gasteiger partial charge is 0.329 e. The van der Waals surface area contributed by atoms with Gasteiger partial charge in [0, 0.05) is 50.8 Å². The molecule has 10 heteroatoms. The lowest BCUT2D eigenvalue weighted by Crippen LogP contribution is -2.48. The fourth-order valence-corrected chi connectivity index (χ4v) is 4.56. The predicted molar refractivity (Wildman–Crippen MR) is 120 cm³/mol. The van der Waals surface area contributed by atoms with Gasteiger partial charge < -0.3 is 4.90 Å². The second-order valence-electron chi connectivity index (χ2n) is 7.66. The van der Waals surface area contributed by atoms with Crippen LogP contribution in [0.4, 0.5) is 0 Å². The summed E-state index contributed by atoms with van der Waals surface area (Å²) in [4.78, 5) is 52.7. The Labute approximate surface area is 183 Å². The number of carbonyl (C=O) groups excluding carboxylic acids is 1. The van der Waals surface area contributed by atoms with Crippen LogP contribution in [-0.4, -0.2) is 61.4 Å². The van der Waals surface area contributed by atoms with E-state index < -0.39 is 11.2 Å². The quantitative estimate of drug-likeness (QED) is 0.620. The Hall–Kier alpha value is -2.85. The van der Waals surface area contributed by atoms with Crippen molar-refractivity contribution in [3.63, 3.8) is 0 Å². The van der Waals surface area contributed by atoms with Crippen LogP contribution in [0.25, 0.3) is 11.0 Å². The highest BCUT2D eigenvalue weighted by Gasteiger charge is 2.23. The summed E-state index contributed by atoms with van der Waals surface area (Å²) < 4.78 is 1.44. The van der Waals surface area contributed by atoms with Crippen LogP contribution in [0, 0.1) is 0 Å². The molecule has 0 bridgehead atoms. The number of amides is 1. The highest BCUT2D eigenvalue weighted by Crippen LogP contribution is 2.16. The topological polar surface area (TPSA) is 104 Å². The van der Waals surface area contributed by atoms with Crippen LogP contribution < -0.4 is 11.2 Å². The Morgan fingerprint density at radius 1 is 1.19 bits per heavy atom. The van der Waals surface area contributed by atoms with E-state index in [0.717, 1.165) is 43.2 Å². The first-order valence-corrected chi connectivity index (χ1v) is 11.5. The van der Waals surface area contributed by atoms with Crippen LogP contribution in [0.1, 0.15) is 41.3 Å². The van der Waals surface area contributed by atoms with Crippen molar-refractivity contribution in [2.75, 3.05) is 26.2 Å². The molecule has 164 valence electrons. The molecule has 0 aliphatic carbocycles. The first-order valence-electron chi connectivity index (χ1n) is 10.6. The number of aryl methyl sites for hydroxylation is 2. The number of nitrogens with one attached hydrogen (secondary N) is 1. The molecule has 1 aliphatic heterocycles. The molecule has 0 radical (unpaired) electrons. The molecule has 1 amide bonds. The van der Waals surface area contributed by atoms with Gasteiger partial charge in [0.1, 0.15) is 5.65 Å². The lowest BCUT2D eigenvalue weighted by Gasteiger charge is -2.34. The van der Waals surface area contributed by atoms with Crippen LogP contribution in [-0.2, 0) is 19.5 Å². The zero-order valence-corrected chi connectivity index (χ0v) is 18.6. The molecular weight excluding hydrogens is 416 g/mol. The van der Waals surface area contributed by atoms with E-state index in [9.17, 15) is 14.4 Å². The van der Waals surface area contributed by atoms with Gasteiger partial charge in [0.2, 0.25) is 0 Å². The predicted octanol–water partition coefficient (Wildman–Crippen LogP) is 1.47. The first-order chi connectivity index (χ1) is 15.0. The van der Waals surface area contributed by atoms with Gasteiger partial charge in [-0.2, -0.15) is 0 Å². The summed E-state index contributed by atoms with van der Waals surface area (Å²) >= 11 is 1.69. The van der Waals surface area contributed by atoms with E-state index in [1.165, 1.54) is 10.8 Å². The van der Waals surface area contributed by atoms with Crippen LogP contribution in [0.2, 0.25) is 0 Å². The third-order valence-electron chi connectivity index (χ3n) is 5.47. The van der Waals surface area contributed by atoms with Gasteiger partial charge in [-0.3, -0.25) is 24.0 Å². The molecule has 0 aromatic carbocycles. The second kappa shape index (κ2) is 9.11. The number of fused-ring (bicyclic) bond motifs is 1. The molecule has 3 aromatic rings. The van der Waals surface area contributed by atoms with Crippen molar-refractivity contribution in [2.45, 2.75) is 39.8 Å². The van der Waals surface area contributed by atoms with Gasteiger partial charge in [-0.25, -0.2) is 14.8 Å². The van der Waals surface area contributed by atoms with Crippen molar-refractivity contribution in [3.8, 4) is 0 Å². The average Bonchev–Trinajstić information content (AvgIpc) is 3.24. The lowest BCUT2D eigenvalue weighted by molar-refractivity contribution is 0.0627. The zero-order chi connectivity index (χ0) is 22.0. The molecule has 0 atom stereocenters. The number of hydrogen-bond donors (Lipinski definition) is 1. The van der Waals surface area contributed by atoms with Crippen LogP contribution in [0.5, 0.6) is 0 Å². The standard InChI is InChI=1S/C21H26N6O3S/c1-3-5-27-18-16(19(28)24-21(27)30)10-14(11-22-18)20(29)26-8-6-25(7-9-26)12-15-13-31-17(4-2)23-15/h10-11,13H,3-9,12H2,1-2H3,(H,24,28,30). The molecule has 0 spiro atoms. The van der Waals surface area contributed by atoms with E-state index in [0.29, 0.717) is 30.8 Å². The third-order valence-corrected chi connectivity index (χ3v) is 6.52. The fourth-order valence-electron chi connectivity index (χ4n) is 3.82. The minimum Gasteiger partial charge on any atom is -0.336 e. The number of pyridine rings is 1. The molecule has 1 N–H and O–H groups in total. The number of nitrogens with zero attached hydrogens (tertiary/aromatic N) is 5. The Morgan fingerprint density at radius 3 is 2.65 bits per heavy atom. The number of aromatic amines is 1. The number of H-pyrrole nitrogens is 1. The number of carbonyl (C=O) groups is 1. The summed E-state index contributed by atoms with van der Waals surface area (Å²) in [6.45, 7) is 8.03. The summed E-state index contributed by atoms with van der Waals surface area (Å²) in [6.07, 6.45) is 3.14. The van der Waals surface area contributed by atoms with Gasteiger partial charge in [-0.15, -0.1) is 11.3 Å². The first kappa shape index (κ1) is 21.4. The molecule has 9 nitrogen and oxygen atoms in total. The van der Waals surface area contributed by atoms with Gasteiger partial charge in [0.05, 0.1) is 21.7 Å². The van der Waals surface area contributed by atoms with E-state index in [-0.39, 0.29) is 11.3 Å². The van der Waals surface area contributed by atoms with Crippen LogP contribution >= 0.6 is 11.3 Å². The molecule has 4 heterocycles. The normalized spacial score (nSPS) is 15.0. The van der Waals surface area contributed by atoms with E-state index in [2.05, 4.69) is 32.2 Å². The SMILES string of the molecule is CCCn1c(=O)[nH]c(=O)c2cc(C(=O)N3CCN(Cc4csc(CC)n4)CC3)cnc21. The van der Waals surface area contributed by atoms with Crippen LogP contribution in [0.3, 0.4) is 0 Å².